The second-order valence-electron chi connectivity index (χ2n) is 5.78. The van der Waals surface area contributed by atoms with Gasteiger partial charge in [0.15, 0.2) is 5.76 Å². The van der Waals surface area contributed by atoms with Crippen LogP contribution >= 0.6 is 0 Å². The lowest BCUT2D eigenvalue weighted by Crippen LogP contribution is -2.31. The lowest BCUT2D eigenvalue weighted by molar-refractivity contribution is -0.131. The summed E-state index contributed by atoms with van der Waals surface area (Å²) in [5.74, 6) is 0.970. The number of hydrogen-bond donors (Lipinski definition) is 0. The molecule has 3 rings (SSSR count). The van der Waals surface area contributed by atoms with Gasteiger partial charge in [-0.05, 0) is 32.3 Å². The fourth-order valence-electron chi connectivity index (χ4n) is 2.88. The zero-order valence-corrected chi connectivity index (χ0v) is 12.5. The van der Waals surface area contributed by atoms with Crippen LogP contribution < -0.4 is 0 Å². The highest BCUT2D eigenvalue weighted by Gasteiger charge is 2.32. The quantitative estimate of drug-likeness (QED) is 0.869. The van der Waals surface area contributed by atoms with Crippen LogP contribution in [0.15, 0.2) is 34.9 Å². The minimum atomic E-state index is 0.0455. The van der Waals surface area contributed by atoms with Crippen LogP contribution in [0.25, 0.3) is 0 Å². The summed E-state index contributed by atoms with van der Waals surface area (Å²) < 4.78 is 5.35. The van der Waals surface area contributed by atoms with E-state index in [1.54, 1.807) is 0 Å². The fourth-order valence-corrected chi connectivity index (χ4v) is 2.88. The van der Waals surface area contributed by atoms with Crippen LogP contribution in [-0.2, 0) is 11.2 Å². The van der Waals surface area contributed by atoms with Crippen LogP contribution in [0, 0.1) is 13.8 Å². The van der Waals surface area contributed by atoms with E-state index >= 15 is 0 Å². The number of carbonyl (C=O) groups excluding carboxylic acids is 1. The Kier molecular flexibility index (Phi) is 3.78. The van der Waals surface area contributed by atoms with Gasteiger partial charge in [-0.25, -0.2) is 0 Å². The van der Waals surface area contributed by atoms with Gasteiger partial charge in [-0.15, -0.1) is 0 Å². The number of carbonyl (C=O) groups is 1. The minimum absolute atomic E-state index is 0.0455. The summed E-state index contributed by atoms with van der Waals surface area (Å²) in [6, 6.07) is 10.1. The van der Waals surface area contributed by atoms with E-state index in [1.165, 1.54) is 5.56 Å². The molecule has 4 nitrogen and oxygen atoms in total. The first-order valence-corrected chi connectivity index (χ1v) is 7.42. The molecule has 0 bridgehead atoms. The minimum Gasteiger partial charge on any atom is -0.359 e. The Morgan fingerprint density at radius 1 is 1.33 bits per heavy atom. The second kappa shape index (κ2) is 5.72. The summed E-state index contributed by atoms with van der Waals surface area (Å²) in [5.41, 5.74) is 3.13. The molecule has 4 heteroatoms. The van der Waals surface area contributed by atoms with Crippen molar-refractivity contribution < 1.29 is 9.32 Å². The van der Waals surface area contributed by atoms with Gasteiger partial charge in [-0.1, -0.05) is 35.0 Å². The molecule has 0 N–H and O–H groups in total. The van der Waals surface area contributed by atoms with Gasteiger partial charge in [0.2, 0.25) is 5.91 Å². The molecular weight excluding hydrogens is 264 g/mol. The maximum absolute atomic E-state index is 12.6. The molecule has 0 aliphatic carbocycles. The third-order valence-electron chi connectivity index (χ3n) is 4.02. The molecule has 0 radical (unpaired) electrons. The van der Waals surface area contributed by atoms with E-state index in [9.17, 15) is 4.79 Å². The summed E-state index contributed by atoms with van der Waals surface area (Å²) in [6.07, 6.45) is 2.42. The molecule has 1 amide bonds. The molecule has 1 saturated heterocycles. The van der Waals surface area contributed by atoms with Crippen molar-refractivity contribution in [1.82, 2.24) is 10.1 Å². The first-order chi connectivity index (χ1) is 10.1. The molecule has 1 aliphatic rings. The van der Waals surface area contributed by atoms with Gasteiger partial charge in [0.05, 0.1) is 18.2 Å². The van der Waals surface area contributed by atoms with Crippen LogP contribution in [0.3, 0.4) is 0 Å². The van der Waals surface area contributed by atoms with Gasteiger partial charge in [0.25, 0.3) is 0 Å². The number of amides is 1. The number of rotatable bonds is 3. The highest BCUT2D eigenvalue weighted by Crippen LogP contribution is 2.32. The van der Waals surface area contributed by atoms with Crippen molar-refractivity contribution in [3.8, 4) is 0 Å². The fraction of sp³-hybridized carbons (Fsp3) is 0.412. The van der Waals surface area contributed by atoms with E-state index in [-0.39, 0.29) is 11.9 Å². The molecule has 1 aliphatic heterocycles. The van der Waals surface area contributed by atoms with E-state index in [1.807, 2.05) is 49.1 Å². The zero-order valence-electron chi connectivity index (χ0n) is 12.5. The third-order valence-corrected chi connectivity index (χ3v) is 4.02. The molecule has 2 aromatic rings. The van der Waals surface area contributed by atoms with Gasteiger partial charge in [-0.3, -0.25) is 4.79 Å². The predicted octanol–water partition coefficient (Wildman–Crippen LogP) is 3.20. The molecule has 21 heavy (non-hydrogen) atoms. The Morgan fingerprint density at radius 2 is 2.10 bits per heavy atom. The Morgan fingerprint density at radius 3 is 2.76 bits per heavy atom. The number of aryl methyl sites for hydroxylation is 2. The Balaban J connectivity index is 1.72. The Bertz CT molecular complexity index is 630. The van der Waals surface area contributed by atoms with Crippen LogP contribution in [0.2, 0.25) is 0 Å². The van der Waals surface area contributed by atoms with Gasteiger partial charge in [0.1, 0.15) is 0 Å². The second-order valence-corrected chi connectivity index (χ2v) is 5.78. The molecule has 0 saturated carbocycles. The van der Waals surface area contributed by atoms with Crippen LogP contribution in [-0.4, -0.2) is 22.5 Å². The summed E-state index contributed by atoms with van der Waals surface area (Å²) in [6.45, 7) is 4.75. The summed E-state index contributed by atoms with van der Waals surface area (Å²) in [7, 11) is 0. The maximum Gasteiger partial charge on any atom is 0.227 e. The average molecular weight is 284 g/mol. The zero-order chi connectivity index (χ0) is 14.8. The molecule has 1 unspecified atom stereocenters. The van der Waals surface area contributed by atoms with Crippen molar-refractivity contribution >= 4 is 5.91 Å². The first-order valence-electron chi connectivity index (χ1n) is 7.42. The van der Waals surface area contributed by atoms with Gasteiger partial charge < -0.3 is 9.42 Å². The van der Waals surface area contributed by atoms with E-state index in [0.717, 1.165) is 36.4 Å². The van der Waals surface area contributed by atoms with Crippen molar-refractivity contribution in [3.63, 3.8) is 0 Å². The molecule has 1 fully saturated rings. The van der Waals surface area contributed by atoms with E-state index in [4.69, 9.17) is 4.52 Å². The van der Waals surface area contributed by atoms with Crippen molar-refractivity contribution in [2.45, 2.75) is 39.2 Å². The predicted molar refractivity (Wildman–Crippen MR) is 79.8 cm³/mol. The van der Waals surface area contributed by atoms with Crippen molar-refractivity contribution in [3.05, 3.63) is 52.9 Å². The van der Waals surface area contributed by atoms with Gasteiger partial charge in [-0.2, -0.15) is 0 Å². The van der Waals surface area contributed by atoms with Crippen molar-refractivity contribution in [2.75, 3.05) is 6.54 Å². The molecule has 1 atom stereocenters. The summed E-state index contributed by atoms with van der Waals surface area (Å²) in [4.78, 5) is 14.5. The molecule has 1 aromatic carbocycles. The van der Waals surface area contributed by atoms with Crippen LogP contribution in [0.4, 0.5) is 0 Å². The van der Waals surface area contributed by atoms with Crippen LogP contribution in [0.1, 0.15) is 41.5 Å². The standard InChI is InChI=1S/C17H20N2O2/c1-12-5-7-14(8-6-12)11-17(20)19-9-3-4-15(19)16-10-13(2)18-21-16/h5-8,10,15H,3-4,9,11H2,1-2H3. The molecule has 0 spiro atoms. The largest absolute Gasteiger partial charge is 0.359 e. The third kappa shape index (κ3) is 2.99. The Hall–Kier alpha value is -2.10. The number of benzene rings is 1. The monoisotopic (exact) mass is 284 g/mol. The number of likely N-dealkylation sites (tertiary alicyclic amines) is 1. The maximum atomic E-state index is 12.6. The van der Waals surface area contributed by atoms with Gasteiger partial charge in [0, 0.05) is 12.6 Å². The summed E-state index contributed by atoms with van der Waals surface area (Å²) >= 11 is 0. The lowest BCUT2D eigenvalue weighted by Gasteiger charge is -2.22. The molecule has 2 heterocycles. The smallest absolute Gasteiger partial charge is 0.227 e. The van der Waals surface area contributed by atoms with Gasteiger partial charge >= 0.3 is 0 Å². The first kappa shape index (κ1) is 13.9. The molecule has 1 aromatic heterocycles. The topological polar surface area (TPSA) is 46.3 Å². The van der Waals surface area contributed by atoms with Crippen molar-refractivity contribution in [2.24, 2.45) is 0 Å². The number of aromatic nitrogens is 1. The highest BCUT2D eigenvalue weighted by atomic mass is 16.5. The normalized spacial score (nSPS) is 18.2. The summed E-state index contributed by atoms with van der Waals surface area (Å²) in [5, 5.41) is 3.94. The van der Waals surface area contributed by atoms with E-state index < -0.39 is 0 Å². The van der Waals surface area contributed by atoms with E-state index in [2.05, 4.69) is 5.16 Å². The lowest BCUT2D eigenvalue weighted by atomic mass is 10.1. The molecule has 110 valence electrons. The Labute approximate surface area is 124 Å². The molecular formula is C17H20N2O2. The highest BCUT2D eigenvalue weighted by molar-refractivity contribution is 5.79. The average Bonchev–Trinajstić information content (AvgIpc) is 3.09. The van der Waals surface area contributed by atoms with Crippen LogP contribution in [0.5, 0.6) is 0 Å². The SMILES string of the molecule is Cc1ccc(CC(=O)N2CCCC2c2cc(C)no2)cc1. The van der Waals surface area contributed by atoms with Crippen molar-refractivity contribution in [1.29, 1.82) is 0 Å². The van der Waals surface area contributed by atoms with E-state index in [0.29, 0.717) is 6.42 Å². The number of nitrogens with zero attached hydrogens (tertiary/aromatic N) is 2. The number of hydrogen-bond acceptors (Lipinski definition) is 3.